The summed E-state index contributed by atoms with van der Waals surface area (Å²) in [5.41, 5.74) is 2.68. The molecule has 1 saturated carbocycles. The number of carbonyl (C=O) groups is 1. The third-order valence-electron chi connectivity index (χ3n) is 3.89. The predicted octanol–water partition coefficient (Wildman–Crippen LogP) is 3.89. The monoisotopic (exact) mass is 287 g/mol. The van der Waals surface area contributed by atoms with E-state index in [0.29, 0.717) is 11.5 Å². The van der Waals surface area contributed by atoms with Crippen LogP contribution in [0.15, 0.2) is 29.6 Å². The molecule has 104 valence electrons. The van der Waals surface area contributed by atoms with E-state index < -0.39 is 5.97 Å². The van der Waals surface area contributed by atoms with Crippen molar-refractivity contribution in [2.75, 3.05) is 0 Å². The molecule has 1 aliphatic rings. The molecule has 1 fully saturated rings. The van der Waals surface area contributed by atoms with Crippen LogP contribution in [0.3, 0.4) is 0 Å². The van der Waals surface area contributed by atoms with Crippen molar-refractivity contribution >= 4 is 17.3 Å². The van der Waals surface area contributed by atoms with Crippen molar-refractivity contribution in [3.8, 4) is 0 Å². The number of rotatable bonds is 5. The highest BCUT2D eigenvalue weighted by molar-refractivity contribution is 7.09. The van der Waals surface area contributed by atoms with Gasteiger partial charge < -0.3 is 5.11 Å². The van der Waals surface area contributed by atoms with Crippen LogP contribution in [0.2, 0.25) is 0 Å². The number of hydrogen-bond donors (Lipinski definition) is 1. The lowest BCUT2D eigenvalue weighted by molar-refractivity contribution is 0.0697. The topological polar surface area (TPSA) is 50.2 Å². The van der Waals surface area contributed by atoms with Gasteiger partial charge in [-0.25, -0.2) is 9.78 Å². The summed E-state index contributed by atoms with van der Waals surface area (Å²) in [4.78, 5) is 15.6. The van der Waals surface area contributed by atoms with E-state index in [4.69, 9.17) is 10.1 Å². The molecule has 2 aromatic rings. The molecule has 0 unspecified atom stereocenters. The van der Waals surface area contributed by atoms with Crippen LogP contribution < -0.4 is 0 Å². The number of thiazole rings is 1. The molecule has 0 spiro atoms. The van der Waals surface area contributed by atoms with Crippen molar-refractivity contribution < 1.29 is 9.90 Å². The summed E-state index contributed by atoms with van der Waals surface area (Å²) in [6.45, 7) is 0. The fourth-order valence-corrected chi connectivity index (χ4v) is 3.32. The van der Waals surface area contributed by atoms with E-state index in [2.05, 4.69) is 5.38 Å². The third-order valence-corrected chi connectivity index (χ3v) is 4.82. The minimum absolute atomic E-state index is 0.358. The molecule has 0 saturated heterocycles. The molecular weight excluding hydrogens is 270 g/mol. The van der Waals surface area contributed by atoms with Crippen LogP contribution in [0.25, 0.3) is 0 Å². The Hall–Kier alpha value is -1.68. The van der Waals surface area contributed by atoms with Gasteiger partial charge in [-0.15, -0.1) is 11.3 Å². The number of carboxylic acids is 1. The largest absolute Gasteiger partial charge is 0.478 e. The highest BCUT2D eigenvalue weighted by atomic mass is 32.1. The lowest BCUT2D eigenvalue weighted by Crippen LogP contribution is -2.09. The Morgan fingerprint density at radius 3 is 2.90 bits per heavy atom. The Balaban J connectivity index is 1.62. The van der Waals surface area contributed by atoms with Gasteiger partial charge in [-0.1, -0.05) is 18.6 Å². The highest BCUT2D eigenvalue weighted by Crippen LogP contribution is 2.36. The van der Waals surface area contributed by atoms with Gasteiger partial charge in [0.15, 0.2) is 0 Å². The van der Waals surface area contributed by atoms with Crippen molar-refractivity contribution in [1.29, 1.82) is 0 Å². The van der Waals surface area contributed by atoms with Gasteiger partial charge in [0.25, 0.3) is 0 Å². The minimum Gasteiger partial charge on any atom is -0.478 e. The van der Waals surface area contributed by atoms with Crippen molar-refractivity contribution in [3.63, 3.8) is 0 Å². The first-order chi connectivity index (χ1) is 9.72. The fraction of sp³-hybridized carbons (Fsp3) is 0.375. The normalized spacial score (nSPS) is 15.0. The van der Waals surface area contributed by atoms with Gasteiger partial charge in [0.2, 0.25) is 0 Å². The molecule has 0 radical (unpaired) electrons. The first kappa shape index (κ1) is 13.3. The number of hydrogen-bond acceptors (Lipinski definition) is 3. The Bertz CT molecular complexity index is 616. The number of nitrogens with zero attached hydrogens (tertiary/aromatic N) is 1. The summed E-state index contributed by atoms with van der Waals surface area (Å²) in [5, 5.41) is 12.3. The smallest absolute Gasteiger partial charge is 0.335 e. The molecule has 1 aliphatic carbocycles. The minimum atomic E-state index is -0.867. The molecule has 0 aliphatic heterocycles. The number of benzene rings is 1. The lowest BCUT2D eigenvalue weighted by Gasteiger charge is -2.22. The van der Waals surface area contributed by atoms with Crippen LogP contribution in [-0.4, -0.2) is 16.1 Å². The average molecular weight is 287 g/mol. The van der Waals surface area contributed by atoms with E-state index in [9.17, 15) is 4.79 Å². The standard InChI is InChI=1S/C16H17NO2S/c18-16(19)13-6-1-3-11(9-13)7-8-15-17-14(10-20-15)12-4-2-5-12/h1,3,6,9-10,12H,2,4-5,7-8H2,(H,18,19). The van der Waals surface area contributed by atoms with Crippen LogP contribution in [0, 0.1) is 0 Å². The molecule has 0 atom stereocenters. The number of aryl methyl sites for hydroxylation is 2. The molecule has 20 heavy (non-hydrogen) atoms. The summed E-state index contributed by atoms with van der Waals surface area (Å²) >= 11 is 1.73. The molecule has 1 aromatic heterocycles. The number of aromatic nitrogens is 1. The van der Waals surface area contributed by atoms with Gasteiger partial charge in [-0.2, -0.15) is 0 Å². The van der Waals surface area contributed by atoms with E-state index in [0.717, 1.165) is 23.4 Å². The third kappa shape index (κ3) is 2.90. The second-order valence-corrected chi connectivity index (χ2v) is 6.24. The summed E-state index contributed by atoms with van der Waals surface area (Å²) < 4.78 is 0. The van der Waals surface area contributed by atoms with E-state index in [1.54, 1.807) is 29.5 Å². The van der Waals surface area contributed by atoms with Crippen LogP contribution in [0.4, 0.5) is 0 Å². The maximum Gasteiger partial charge on any atom is 0.335 e. The maximum absolute atomic E-state index is 10.9. The Kier molecular flexibility index (Phi) is 3.83. The van der Waals surface area contributed by atoms with Crippen LogP contribution in [0.5, 0.6) is 0 Å². The van der Waals surface area contributed by atoms with Crippen molar-refractivity contribution in [1.82, 2.24) is 4.98 Å². The van der Waals surface area contributed by atoms with Crippen molar-refractivity contribution in [2.45, 2.75) is 38.0 Å². The molecule has 3 nitrogen and oxygen atoms in total. The zero-order valence-electron chi connectivity index (χ0n) is 11.2. The predicted molar refractivity (Wildman–Crippen MR) is 79.5 cm³/mol. The van der Waals surface area contributed by atoms with Gasteiger partial charge in [0.05, 0.1) is 16.3 Å². The molecule has 4 heteroatoms. The molecule has 1 heterocycles. The molecule has 0 amide bonds. The quantitative estimate of drug-likeness (QED) is 0.907. The van der Waals surface area contributed by atoms with Gasteiger partial charge in [0, 0.05) is 17.7 Å². The van der Waals surface area contributed by atoms with Crippen LogP contribution in [-0.2, 0) is 12.8 Å². The second kappa shape index (κ2) is 5.75. The SMILES string of the molecule is O=C(O)c1cccc(CCc2nc(C3CCC3)cs2)c1. The lowest BCUT2D eigenvalue weighted by atomic mass is 9.83. The van der Waals surface area contributed by atoms with E-state index >= 15 is 0 Å². The Morgan fingerprint density at radius 1 is 1.35 bits per heavy atom. The summed E-state index contributed by atoms with van der Waals surface area (Å²) in [5.74, 6) is -0.177. The highest BCUT2D eigenvalue weighted by Gasteiger charge is 2.21. The first-order valence-electron chi connectivity index (χ1n) is 6.99. The van der Waals surface area contributed by atoms with Gasteiger partial charge >= 0.3 is 5.97 Å². The van der Waals surface area contributed by atoms with Crippen molar-refractivity contribution in [3.05, 3.63) is 51.5 Å². The zero-order chi connectivity index (χ0) is 13.9. The maximum atomic E-state index is 10.9. The fourth-order valence-electron chi connectivity index (χ4n) is 2.44. The molecule has 1 aromatic carbocycles. The van der Waals surface area contributed by atoms with Gasteiger partial charge in [-0.05, 0) is 37.0 Å². The molecular formula is C16H17NO2S. The van der Waals surface area contributed by atoms with E-state index in [1.807, 2.05) is 6.07 Å². The molecule has 3 rings (SSSR count). The van der Waals surface area contributed by atoms with Gasteiger partial charge in [-0.3, -0.25) is 0 Å². The Labute approximate surface area is 122 Å². The van der Waals surface area contributed by atoms with Crippen LogP contribution >= 0.6 is 11.3 Å². The van der Waals surface area contributed by atoms with Gasteiger partial charge in [0.1, 0.15) is 0 Å². The number of aromatic carboxylic acids is 1. The first-order valence-corrected chi connectivity index (χ1v) is 7.87. The summed E-state index contributed by atoms with van der Waals surface area (Å²) in [7, 11) is 0. The van der Waals surface area contributed by atoms with E-state index in [-0.39, 0.29) is 0 Å². The molecule has 0 bridgehead atoms. The van der Waals surface area contributed by atoms with E-state index in [1.165, 1.54) is 25.0 Å². The number of carboxylic acid groups (broad SMARTS) is 1. The second-order valence-electron chi connectivity index (χ2n) is 5.30. The summed E-state index contributed by atoms with van der Waals surface area (Å²) in [6, 6.07) is 7.17. The average Bonchev–Trinajstić information content (AvgIpc) is 2.83. The van der Waals surface area contributed by atoms with Crippen molar-refractivity contribution in [2.24, 2.45) is 0 Å². The zero-order valence-corrected chi connectivity index (χ0v) is 12.0. The Morgan fingerprint density at radius 2 is 2.20 bits per heavy atom. The van der Waals surface area contributed by atoms with Crippen LogP contribution in [0.1, 0.15) is 51.8 Å². The molecule has 1 N–H and O–H groups in total. The summed E-state index contributed by atoms with van der Waals surface area (Å²) in [6.07, 6.45) is 5.63.